The van der Waals surface area contributed by atoms with Crippen LogP contribution in [0.5, 0.6) is 5.75 Å². The lowest BCUT2D eigenvalue weighted by atomic mass is 10.0. The van der Waals surface area contributed by atoms with Gasteiger partial charge in [-0.2, -0.15) is 0 Å². The number of nitrogens with zero attached hydrogens (tertiary/aromatic N) is 1. The molecule has 0 saturated heterocycles. The van der Waals surface area contributed by atoms with Gasteiger partial charge in [0.25, 0.3) is 0 Å². The topological polar surface area (TPSA) is 22.1 Å². The third kappa shape index (κ3) is 3.42. The molecule has 26 heavy (non-hydrogen) atoms. The predicted octanol–water partition coefficient (Wildman–Crippen LogP) is 6.44. The summed E-state index contributed by atoms with van der Waals surface area (Å²) in [5, 5.41) is 1.74. The lowest BCUT2D eigenvalue weighted by Gasteiger charge is -2.13. The molecule has 0 aliphatic rings. The highest BCUT2D eigenvalue weighted by atomic mass is 35.5. The van der Waals surface area contributed by atoms with E-state index in [0.29, 0.717) is 6.61 Å². The average molecular weight is 360 g/mol. The van der Waals surface area contributed by atoms with Crippen molar-refractivity contribution in [1.29, 1.82) is 0 Å². The molecule has 0 spiro atoms. The van der Waals surface area contributed by atoms with Crippen LogP contribution < -0.4 is 4.74 Å². The summed E-state index contributed by atoms with van der Waals surface area (Å²) in [6.07, 6.45) is 0. The maximum absolute atomic E-state index is 6.17. The molecule has 0 bridgehead atoms. The fraction of sp³-hybridized carbons (Fsp3) is 0.0870. The molecule has 0 fully saturated rings. The predicted molar refractivity (Wildman–Crippen MR) is 108 cm³/mol. The first-order valence-electron chi connectivity index (χ1n) is 8.54. The number of fused-ring (bicyclic) bond motifs is 1. The molecule has 0 aliphatic carbocycles. The van der Waals surface area contributed by atoms with Crippen molar-refractivity contribution >= 4 is 22.5 Å². The van der Waals surface area contributed by atoms with Gasteiger partial charge in [-0.3, -0.25) is 0 Å². The van der Waals surface area contributed by atoms with Crippen molar-refractivity contribution in [1.82, 2.24) is 4.98 Å². The summed E-state index contributed by atoms with van der Waals surface area (Å²) in [4.78, 5) is 4.83. The number of rotatable bonds is 4. The van der Waals surface area contributed by atoms with Gasteiger partial charge in [0, 0.05) is 22.0 Å². The Hall–Kier alpha value is -2.84. The number of pyridine rings is 1. The first kappa shape index (κ1) is 16.6. The molecule has 0 atom stereocenters. The van der Waals surface area contributed by atoms with Crippen LogP contribution in [0.1, 0.15) is 11.1 Å². The molecule has 3 heteroatoms. The Balaban J connectivity index is 1.78. The summed E-state index contributed by atoms with van der Waals surface area (Å²) in [6.45, 7) is 2.57. The maximum Gasteiger partial charge on any atom is 0.131 e. The number of aryl methyl sites for hydroxylation is 1. The summed E-state index contributed by atoms with van der Waals surface area (Å²) < 4.78 is 6.17. The number of aromatic nitrogens is 1. The molecular formula is C23H18ClNO. The maximum atomic E-state index is 6.17. The lowest BCUT2D eigenvalue weighted by Crippen LogP contribution is -1.98. The minimum atomic E-state index is 0.522. The van der Waals surface area contributed by atoms with E-state index in [0.717, 1.165) is 44.1 Å². The van der Waals surface area contributed by atoms with Gasteiger partial charge in [0.05, 0.1) is 11.2 Å². The Bertz CT molecular complexity index is 1060. The van der Waals surface area contributed by atoms with Crippen molar-refractivity contribution in [3.63, 3.8) is 0 Å². The molecule has 0 radical (unpaired) electrons. The molecule has 2 nitrogen and oxygen atoms in total. The summed E-state index contributed by atoms with van der Waals surface area (Å²) in [5.74, 6) is 0.837. The fourth-order valence-electron chi connectivity index (χ4n) is 3.05. The van der Waals surface area contributed by atoms with Crippen LogP contribution in [0, 0.1) is 6.92 Å². The number of ether oxygens (including phenoxy) is 1. The van der Waals surface area contributed by atoms with E-state index < -0.39 is 0 Å². The van der Waals surface area contributed by atoms with Crippen LogP contribution in [-0.4, -0.2) is 4.98 Å². The van der Waals surface area contributed by atoms with Gasteiger partial charge in [-0.25, -0.2) is 4.98 Å². The largest absolute Gasteiger partial charge is 0.488 e. The molecule has 4 rings (SSSR count). The summed E-state index contributed by atoms with van der Waals surface area (Å²) in [5.41, 5.74) is 5.10. The summed E-state index contributed by atoms with van der Waals surface area (Å²) in [6, 6.07) is 26.1. The Morgan fingerprint density at radius 1 is 0.885 bits per heavy atom. The summed E-state index contributed by atoms with van der Waals surface area (Å²) in [7, 11) is 0. The van der Waals surface area contributed by atoms with Gasteiger partial charge in [-0.05, 0) is 42.3 Å². The van der Waals surface area contributed by atoms with Gasteiger partial charge < -0.3 is 4.74 Å². The second-order valence-electron chi connectivity index (χ2n) is 6.26. The molecule has 0 N–H and O–H groups in total. The van der Waals surface area contributed by atoms with Crippen LogP contribution in [0.2, 0.25) is 5.02 Å². The molecule has 0 unspecified atom stereocenters. The molecule has 4 aromatic rings. The first-order valence-corrected chi connectivity index (χ1v) is 8.91. The lowest BCUT2D eigenvalue weighted by molar-refractivity contribution is 0.310. The zero-order valence-corrected chi connectivity index (χ0v) is 15.2. The van der Waals surface area contributed by atoms with Gasteiger partial charge in [-0.1, -0.05) is 60.1 Å². The van der Waals surface area contributed by atoms with Crippen LogP contribution in [0.4, 0.5) is 0 Å². The van der Waals surface area contributed by atoms with Crippen LogP contribution >= 0.6 is 11.6 Å². The minimum Gasteiger partial charge on any atom is -0.488 e. The SMILES string of the molecule is Cc1cc(Cl)ccc1-c1cc(OCc2ccccc2)c2ccccc2n1. The Labute approximate surface area is 158 Å². The standard InChI is InChI=1S/C23H18ClNO/c1-16-13-18(24)11-12-19(16)22-14-23(20-9-5-6-10-21(20)25-22)26-15-17-7-3-2-4-8-17/h2-14H,15H2,1H3. The normalized spacial score (nSPS) is 10.8. The highest BCUT2D eigenvalue weighted by Gasteiger charge is 2.11. The molecule has 0 saturated carbocycles. The smallest absolute Gasteiger partial charge is 0.131 e. The van der Waals surface area contributed by atoms with Gasteiger partial charge in [0.1, 0.15) is 12.4 Å². The number of hydrogen-bond donors (Lipinski definition) is 0. The van der Waals surface area contributed by atoms with E-state index in [2.05, 4.69) is 12.1 Å². The molecule has 1 aromatic heterocycles. The number of halogens is 1. The van der Waals surface area contributed by atoms with Crippen LogP contribution in [-0.2, 0) is 6.61 Å². The molecule has 0 amide bonds. The van der Waals surface area contributed by atoms with Crippen molar-refractivity contribution in [2.45, 2.75) is 13.5 Å². The monoisotopic (exact) mass is 359 g/mol. The van der Waals surface area contributed by atoms with E-state index in [1.165, 1.54) is 0 Å². The number of hydrogen-bond acceptors (Lipinski definition) is 2. The van der Waals surface area contributed by atoms with E-state index in [1.54, 1.807) is 0 Å². The third-order valence-corrected chi connectivity index (χ3v) is 4.61. The number of benzene rings is 3. The van der Waals surface area contributed by atoms with Crippen molar-refractivity contribution < 1.29 is 4.74 Å². The quantitative estimate of drug-likeness (QED) is 0.418. The van der Waals surface area contributed by atoms with Gasteiger partial charge >= 0.3 is 0 Å². The van der Waals surface area contributed by atoms with E-state index >= 15 is 0 Å². The first-order chi connectivity index (χ1) is 12.7. The summed E-state index contributed by atoms with van der Waals surface area (Å²) >= 11 is 6.10. The minimum absolute atomic E-state index is 0.522. The fourth-order valence-corrected chi connectivity index (χ4v) is 3.28. The van der Waals surface area contributed by atoms with Gasteiger partial charge in [0.15, 0.2) is 0 Å². The molecule has 0 aliphatic heterocycles. The molecule has 3 aromatic carbocycles. The highest BCUT2D eigenvalue weighted by molar-refractivity contribution is 6.30. The van der Waals surface area contributed by atoms with Gasteiger partial charge in [0.2, 0.25) is 0 Å². The Kier molecular flexibility index (Phi) is 4.59. The van der Waals surface area contributed by atoms with Crippen LogP contribution in [0.25, 0.3) is 22.2 Å². The van der Waals surface area contributed by atoms with E-state index in [9.17, 15) is 0 Å². The molecular weight excluding hydrogens is 342 g/mol. The van der Waals surface area contributed by atoms with E-state index in [-0.39, 0.29) is 0 Å². The second kappa shape index (κ2) is 7.19. The zero-order chi connectivity index (χ0) is 17.9. The van der Waals surface area contributed by atoms with Crippen LogP contribution in [0.3, 0.4) is 0 Å². The van der Waals surface area contributed by atoms with E-state index in [1.807, 2.05) is 73.7 Å². The van der Waals surface area contributed by atoms with Crippen LogP contribution in [0.15, 0.2) is 78.9 Å². The van der Waals surface area contributed by atoms with Crippen molar-refractivity contribution in [2.75, 3.05) is 0 Å². The van der Waals surface area contributed by atoms with Crippen molar-refractivity contribution in [3.8, 4) is 17.0 Å². The molecule has 1 heterocycles. The third-order valence-electron chi connectivity index (χ3n) is 4.38. The second-order valence-corrected chi connectivity index (χ2v) is 6.69. The Morgan fingerprint density at radius 2 is 1.65 bits per heavy atom. The zero-order valence-electron chi connectivity index (χ0n) is 14.4. The van der Waals surface area contributed by atoms with Crippen molar-refractivity contribution in [3.05, 3.63) is 95.0 Å². The Morgan fingerprint density at radius 3 is 2.46 bits per heavy atom. The highest BCUT2D eigenvalue weighted by Crippen LogP contribution is 2.32. The van der Waals surface area contributed by atoms with E-state index in [4.69, 9.17) is 21.3 Å². The average Bonchev–Trinajstić information content (AvgIpc) is 2.67. The van der Waals surface area contributed by atoms with Gasteiger partial charge in [-0.15, -0.1) is 0 Å². The molecule has 128 valence electrons. The van der Waals surface area contributed by atoms with Crippen molar-refractivity contribution in [2.24, 2.45) is 0 Å². The number of para-hydroxylation sites is 1.